The average Bonchev–Trinajstić information content (AvgIpc) is 2.36. The minimum absolute atomic E-state index is 0.0909. The van der Waals surface area contributed by atoms with Gasteiger partial charge in [0.1, 0.15) is 11.5 Å². The number of rotatable bonds is 14. The fraction of sp³-hybridized carbons (Fsp3) is 0.933. The third kappa shape index (κ3) is 12.6. The molecule has 4 nitrogen and oxygen atoms in total. The number of hydrogen-bond donors (Lipinski definition) is 0. The SMILES string of the molecule is CCCCCCCCCCCC(=O)CS(=O)(=O)OCC. The van der Waals surface area contributed by atoms with Crippen LogP contribution in [0.15, 0.2) is 0 Å². The van der Waals surface area contributed by atoms with Gasteiger partial charge in [0.2, 0.25) is 0 Å². The lowest BCUT2D eigenvalue weighted by Gasteiger charge is -2.03. The first-order chi connectivity index (χ1) is 9.52. The molecule has 0 saturated heterocycles. The third-order valence-electron chi connectivity index (χ3n) is 3.19. The lowest BCUT2D eigenvalue weighted by molar-refractivity contribution is -0.116. The van der Waals surface area contributed by atoms with E-state index in [1.54, 1.807) is 6.92 Å². The second kappa shape index (κ2) is 12.3. The summed E-state index contributed by atoms with van der Waals surface area (Å²) in [6.07, 6.45) is 11.0. The summed E-state index contributed by atoms with van der Waals surface area (Å²) in [6, 6.07) is 0. The number of ketones is 1. The number of carbonyl (C=O) groups excluding carboxylic acids is 1. The summed E-state index contributed by atoms with van der Waals surface area (Å²) in [6.45, 7) is 3.90. The normalized spacial score (nSPS) is 11.7. The second-order valence-corrected chi connectivity index (χ2v) is 6.87. The molecule has 120 valence electrons. The molecule has 0 aliphatic heterocycles. The Kier molecular flexibility index (Phi) is 12.1. The molecule has 0 unspecified atom stereocenters. The van der Waals surface area contributed by atoms with Crippen LogP contribution in [-0.2, 0) is 19.1 Å². The first-order valence-electron chi connectivity index (χ1n) is 7.90. The topological polar surface area (TPSA) is 60.4 Å². The first kappa shape index (κ1) is 19.6. The van der Waals surface area contributed by atoms with E-state index in [1.165, 1.54) is 38.5 Å². The van der Waals surface area contributed by atoms with Gasteiger partial charge in [-0.3, -0.25) is 8.98 Å². The van der Waals surface area contributed by atoms with E-state index in [0.29, 0.717) is 6.42 Å². The van der Waals surface area contributed by atoms with Crippen molar-refractivity contribution in [3.05, 3.63) is 0 Å². The Labute approximate surface area is 124 Å². The van der Waals surface area contributed by atoms with E-state index < -0.39 is 15.9 Å². The summed E-state index contributed by atoms with van der Waals surface area (Å²) in [4.78, 5) is 11.5. The molecule has 0 N–H and O–H groups in total. The Morgan fingerprint density at radius 3 is 1.85 bits per heavy atom. The highest BCUT2D eigenvalue weighted by molar-refractivity contribution is 7.87. The van der Waals surface area contributed by atoms with Crippen LogP contribution in [0.4, 0.5) is 0 Å². The summed E-state index contributed by atoms with van der Waals surface area (Å²) in [7, 11) is -3.64. The molecule has 0 rings (SSSR count). The summed E-state index contributed by atoms with van der Waals surface area (Å²) in [5.41, 5.74) is 0. The van der Waals surface area contributed by atoms with Gasteiger partial charge in [-0.05, 0) is 13.3 Å². The van der Waals surface area contributed by atoms with Crippen molar-refractivity contribution in [2.45, 2.75) is 78.1 Å². The standard InChI is InChI=1S/C15H30O4S/c1-3-5-6-7-8-9-10-11-12-13-15(16)14-20(17,18)19-4-2/h3-14H2,1-2H3. The summed E-state index contributed by atoms with van der Waals surface area (Å²) in [5.74, 6) is -0.709. The van der Waals surface area contributed by atoms with Crippen molar-refractivity contribution in [3.8, 4) is 0 Å². The van der Waals surface area contributed by atoms with Crippen molar-refractivity contribution in [1.29, 1.82) is 0 Å². The smallest absolute Gasteiger partial charge is 0.274 e. The van der Waals surface area contributed by atoms with Gasteiger partial charge in [-0.1, -0.05) is 58.3 Å². The summed E-state index contributed by atoms with van der Waals surface area (Å²) < 4.78 is 27.1. The predicted octanol–water partition coefficient (Wildman–Crippen LogP) is 3.84. The van der Waals surface area contributed by atoms with Gasteiger partial charge in [0.05, 0.1) is 6.61 Å². The van der Waals surface area contributed by atoms with Crippen LogP contribution in [-0.4, -0.2) is 26.6 Å². The summed E-state index contributed by atoms with van der Waals surface area (Å²) >= 11 is 0. The second-order valence-electron chi connectivity index (χ2n) is 5.23. The van der Waals surface area contributed by atoms with Gasteiger partial charge < -0.3 is 0 Å². The summed E-state index contributed by atoms with van der Waals surface area (Å²) in [5, 5.41) is 0. The van der Waals surface area contributed by atoms with Crippen LogP contribution in [0, 0.1) is 0 Å². The maximum absolute atomic E-state index is 11.5. The zero-order chi connectivity index (χ0) is 15.3. The molecule has 0 aromatic carbocycles. The molecule has 0 aliphatic rings. The quantitative estimate of drug-likeness (QED) is 0.361. The van der Waals surface area contributed by atoms with Crippen LogP contribution < -0.4 is 0 Å². The van der Waals surface area contributed by atoms with E-state index >= 15 is 0 Å². The molecule has 20 heavy (non-hydrogen) atoms. The predicted molar refractivity (Wildman–Crippen MR) is 82.3 cm³/mol. The van der Waals surface area contributed by atoms with E-state index in [2.05, 4.69) is 11.1 Å². The Hall–Kier alpha value is -0.420. The van der Waals surface area contributed by atoms with E-state index in [4.69, 9.17) is 0 Å². The molecular formula is C15H30O4S. The van der Waals surface area contributed by atoms with Crippen molar-refractivity contribution in [2.75, 3.05) is 12.4 Å². The largest absolute Gasteiger partial charge is 0.298 e. The lowest BCUT2D eigenvalue weighted by atomic mass is 10.1. The highest BCUT2D eigenvalue weighted by atomic mass is 32.2. The number of hydrogen-bond acceptors (Lipinski definition) is 4. The van der Waals surface area contributed by atoms with Gasteiger partial charge in [0, 0.05) is 6.42 Å². The van der Waals surface area contributed by atoms with Crippen LogP contribution in [0.2, 0.25) is 0 Å². The monoisotopic (exact) mass is 306 g/mol. The molecule has 0 aliphatic carbocycles. The number of carbonyl (C=O) groups is 1. The highest BCUT2D eigenvalue weighted by Gasteiger charge is 2.15. The van der Waals surface area contributed by atoms with E-state index in [0.717, 1.165) is 19.3 Å². The zero-order valence-electron chi connectivity index (χ0n) is 13.0. The Bertz CT molecular complexity index is 336. The van der Waals surface area contributed by atoms with Crippen molar-refractivity contribution in [2.24, 2.45) is 0 Å². The Balaban J connectivity index is 3.44. The van der Waals surface area contributed by atoms with Gasteiger partial charge in [0.15, 0.2) is 0 Å². The Morgan fingerprint density at radius 2 is 1.35 bits per heavy atom. The molecule has 0 aromatic heterocycles. The fourth-order valence-electron chi connectivity index (χ4n) is 2.12. The van der Waals surface area contributed by atoms with E-state index in [9.17, 15) is 13.2 Å². The van der Waals surface area contributed by atoms with Crippen molar-refractivity contribution < 1.29 is 17.4 Å². The minimum Gasteiger partial charge on any atom is -0.298 e. The van der Waals surface area contributed by atoms with E-state index in [1.807, 2.05) is 0 Å². The van der Waals surface area contributed by atoms with Crippen LogP contribution in [0.1, 0.15) is 78.1 Å². The first-order valence-corrected chi connectivity index (χ1v) is 9.48. The molecule has 0 atom stereocenters. The maximum Gasteiger partial charge on any atom is 0.274 e. The van der Waals surface area contributed by atoms with Gasteiger partial charge in [0.25, 0.3) is 10.1 Å². The molecule has 0 bridgehead atoms. The number of Topliss-reactive ketones (excluding diaryl/α,β-unsaturated/α-hetero) is 1. The molecular weight excluding hydrogens is 276 g/mol. The van der Waals surface area contributed by atoms with Crippen LogP contribution in [0.5, 0.6) is 0 Å². The molecule has 0 fully saturated rings. The molecule has 0 aromatic rings. The average molecular weight is 306 g/mol. The minimum atomic E-state index is -3.64. The lowest BCUT2D eigenvalue weighted by Crippen LogP contribution is -2.18. The zero-order valence-corrected chi connectivity index (χ0v) is 13.8. The van der Waals surface area contributed by atoms with Crippen molar-refractivity contribution in [1.82, 2.24) is 0 Å². The number of unbranched alkanes of at least 4 members (excludes halogenated alkanes) is 8. The van der Waals surface area contributed by atoms with Crippen LogP contribution in [0.3, 0.4) is 0 Å². The van der Waals surface area contributed by atoms with Gasteiger partial charge >= 0.3 is 0 Å². The molecule has 0 spiro atoms. The molecule has 0 amide bonds. The van der Waals surface area contributed by atoms with Crippen LogP contribution >= 0.6 is 0 Å². The molecule has 0 radical (unpaired) electrons. The highest BCUT2D eigenvalue weighted by Crippen LogP contribution is 2.11. The fourth-order valence-corrected chi connectivity index (χ4v) is 3.10. The van der Waals surface area contributed by atoms with E-state index in [-0.39, 0.29) is 12.4 Å². The third-order valence-corrected chi connectivity index (χ3v) is 4.46. The Morgan fingerprint density at radius 1 is 0.850 bits per heavy atom. The maximum atomic E-state index is 11.5. The molecule has 0 heterocycles. The van der Waals surface area contributed by atoms with Gasteiger partial charge in [-0.2, -0.15) is 8.42 Å². The van der Waals surface area contributed by atoms with Gasteiger partial charge in [-0.15, -0.1) is 0 Å². The molecule has 0 saturated carbocycles. The van der Waals surface area contributed by atoms with Crippen molar-refractivity contribution in [3.63, 3.8) is 0 Å². The van der Waals surface area contributed by atoms with Crippen molar-refractivity contribution >= 4 is 15.9 Å². The van der Waals surface area contributed by atoms with Gasteiger partial charge in [-0.25, -0.2) is 0 Å². The van der Waals surface area contributed by atoms with Crippen LogP contribution in [0.25, 0.3) is 0 Å². The molecule has 5 heteroatoms.